The number of benzene rings is 1. The van der Waals surface area contributed by atoms with Gasteiger partial charge in [0.25, 0.3) is 0 Å². The molecule has 0 aliphatic carbocycles. The summed E-state index contributed by atoms with van der Waals surface area (Å²) in [6, 6.07) is 6.35. The maximum Gasteiger partial charge on any atom is 0.123 e. The molecule has 4 heteroatoms. The summed E-state index contributed by atoms with van der Waals surface area (Å²) in [6.45, 7) is 4.51. The molecule has 1 aromatic carbocycles. The molecule has 2 N–H and O–H groups in total. The third-order valence-electron chi connectivity index (χ3n) is 2.31. The van der Waals surface area contributed by atoms with Crippen molar-refractivity contribution in [2.24, 2.45) is 0 Å². The highest BCUT2D eigenvalue weighted by molar-refractivity contribution is 5.42. The van der Waals surface area contributed by atoms with Crippen LogP contribution in [0.4, 0.5) is 10.1 Å². The average Bonchev–Trinajstić information content (AvgIpc) is 2.31. The van der Waals surface area contributed by atoms with E-state index in [0.29, 0.717) is 0 Å². The van der Waals surface area contributed by atoms with Crippen LogP contribution in [0, 0.1) is 5.82 Å². The number of hydrogen-bond donors (Lipinski definition) is 2. The highest BCUT2D eigenvalue weighted by Gasteiger charge is 1.97. The second-order valence-corrected chi connectivity index (χ2v) is 3.68. The maximum atomic E-state index is 12.6. The van der Waals surface area contributed by atoms with E-state index in [1.165, 1.54) is 12.1 Å². The molecule has 0 fully saturated rings. The van der Waals surface area contributed by atoms with Crippen LogP contribution in [0.25, 0.3) is 0 Å². The van der Waals surface area contributed by atoms with Crippen molar-refractivity contribution in [2.45, 2.75) is 13.0 Å². The zero-order chi connectivity index (χ0) is 11.8. The Kier molecular flexibility index (Phi) is 5.82. The number of methoxy groups -OCH3 is 1. The van der Waals surface area contributed by atoms with Gasteiger partial charge < -0.3 is 15.4 Å². The molecule has 90 valence electrons. The summed E-state index contributed by atoms with van der Waals surface area (Å²) >= 11 is 0. The Balaban J connectivity index is 2.09. The number of rotatable bonds is 7. The lowest BCUT2D eigenvalue weighted by Gasteiger charge is -2.11. The first kappa shape index (κ1) is 12.9. The molecule has 0 bridgehead atoms. The van der Waals surface area contributed by atoms with Crippen LogP contribution in [0.15, 0.2) is 24.3 Å². The van der Waals surface area contributed by atoms with Gasteiger partial charge in [-0.2, -0.15) is 0 Å². The van der Waals surface area contributed by atoms with Gasteiger partial charge in [0.15, 0.2) is 0 Å². The molecule has 1 atom stereocenters. The number of nitrogens with one attached hydrogen (secondary N) is 2. The topological polar surface area (TPSA) is 33.3 Å². The second-order valence-electron chi connectivity index (χ2n) is 3.68. The van der Waals surface area contributed by atoms with E-state index < -0.39 is 0 Å². The van der Waals surface area contributed by atoms with Gasteiger partial charge in [0.05, 0.1) is 6.10 Å². The minimum Gasteiger partial charge on any atom is -0.384 e. The van der Waals surface area contributed by atoms with Crippen LogP contribution < -0.4 is 10.6 Å². The van der Waals surface area contributed by atoms with E-state index >= 15 is 0 Å². The Labute approximate surface area is 96.0 Å². The lowest BCUT2D eigenvalue weighted by Crippen LogP contribution is -2.30. The Morgan fingerprint density at radius 3 is 2.56 bits per heavy atom. The van der Waals surface area contributed by atoms with Gasteiger partial charge in [-0.25, -0.2) is 4.39 Å². The molecule has 0 saturated carbocycles. The van der Waals surface area contributed by atoms with Gasteiger partial charge in [-0.1, -0.05) is 0 Å². The van der Waals surface area contributed by atoms with Gasteiger partial charge in [0.1, 0.15) is 5.82 Å². The smallest absolute Gasteiger partial charge is 0.123 e. The molecule has 0 amide bonds. The summed E-state index contributed by atoms with van der Waals surface area (Å²) in [5, 5.41) is 6.45. The molecule has 1 aromatic rings. The van der Waals surface area contributed by atoms with Crippen molar-refractivity contribution in [1.82, 2.24) is 5.32 Å². The van der Waals surface area contributed by atoms with Crippen LogP contribution in [0.5, 0.6) is 0 Å². The molecule has 0 aliphatic rings. The predicted octanol–water partition coefficient (Wildman–Crippen LogP) is 1.86. The van der Waals surface area contributed by atoms with Crippen LogP contribution in [0.2, 0.25) is 0 Å². The first-order valence-electron chi connectivity index (χ1n) is 5.45. The number of ether oxygens (including phenoxy) is 1. The largest absolute Gasteiger partial charge is 0.384 e. The van der Waals surface area contributed by atoms with Crippen molar-refractivity contribution in [3.8, 4) is 0 Å². The third kappa shape index (κ3) is 5.09. The summed E-state index contributed by atoms with van der Waals surface area (Å²) in [5.74, 6) is -0.211. The van der Waals surface area contributed by atoms with E-state index in [9.17, 15) is 4.39 Å². The molecule has 0 aromatic heterocycles. The molecule has 3 nitrogen and oxygen atoms in total. The van der Waals surface area contributed by atoms with Crippen molar-refractivity contribution in [1.29, 1.82) is 0 Å². The molecule has 0 saturated heterocycles. The summed E-state index contributed by atoms with van der Waals surface area (Å²) in [7, 11) is 1.70. The minimum atomic E-state index is -0.211. The normalized spacial score (nSPS) is 12.4. The van der Waals surface area contributed by atoms with Gasteiger partial charge in [-0.15, -0.1) is 0 Å². The lowest BCUT2D eigenvalue weighted by atomic mass is 10.3. The Morgan fingerprint density at radius 2 is 1.94 bits per heavy atom. The van der Waals surface area contributed by atoms with Crippen LogP contribution in [0.3, 0.4) is 0 Å². The molecule has 1 rings (SSSR count). The predicted molar refractivity (Wildman–Crippen MR) is 64.2 cm³/mol. The van der Waals surface area contributed by atoms with Gasteiger partial charge >= 0.3 is 0 Å². The van der Waals surface area contributed by atoms with Crippen LogP contribution in [-0.2, 0) is 4.74 Å². The van der Waals surface area contributed by atoms with Crippen LogP contribution >= 0.6 is 0 Å². The first-order valence-corrected chi connectivity index (χ1v) is 5.45. The Morgan fingerprint density at radius 1 is 1.25 bits per heavy atom. The Hall–Kier alpha value is -1.13. The van der Waals surface area contributed by atoms with Crippen molar-refractivity contribution in [2.75, 3.05) is 32.1 Å². The standard InChI is InChI=1S/C12H19FN2O/c1-10(16-2)9-14-7-8-15-12-5-3-11(13)4-6-12/h3-6,10,14-15H,7-9H2,1-2H3. The van der Waals surface area contributed by atoms with E-state index in [1.807, 2.05) is 6.92 Å². The second kappa shape index (κ2) is 7.19. The third-order valence-corrected chi connectivity index (χ3v) is 2.31. The molecule has 0 aliphatic heterocycles. The van der Waals surface area contributed by atoms with Crippen LogP contribution in [-0.4, -0.2) is 32.8 Å². The fraction of sp³-hybridized carbons (Fsp3) is 0.500. The lowest BCUT2D eigenvalue weighted by molar-refractivity contribution is 0.117. The molecular weight excluding hydrogens is 207 g/mol. The number of anilines is 1. The van der Waals surface area contributed by atoms with Crippen LogP contribution in [0.1, 0.15) is 6.92 Å². The highest BCUT2D eigenvalue weighted by atomic mass is 19.1. The van der Waals surface area contributed by atoms with E-state index in [4.69, 9.17) is 4.74 Å². The number of halogens is 1. The minimum absolute atomic E-state index is 0.211. The quantitative estimate of drug-likeness (QED) is 0.696. The number of hydrogen-bond acceptors (Lipinski definition) is 3. The fourth-order valence-electron chi connectivity index (χ4n) is 1.25. The van der Waals surface area contributed by atoms with E-state index in [0.717, 1.165) is 25.3 Å². The van der Waals surface area contributed by atoms with Crippen molar-refractivity contribution in [3.63, 3.8) is 0 Å². The summed E-state index contributed by atoms with van der Waals surface area (Å²) in [6.07, 6.45) is 0.228. The molecule has 1 unspecified atom stereocenters. The van der Waals surface area contributed by atoms with Gasteiger partial charge in [-0.05, 0) is 31.2 Å². The molecular formula is C12H19FN2O. The van der Waals surface area contributed by atoms with Crippen molar-refractivity contribution in [3.05, 3.63) is 30.1 Å². The van der Waals surface area contributed by atoms with Gasteiger partial charge in [-0.3, -0.25) is 0 Å². The zero-order valence-electron chi connectivity index (χ0n) is 9.79. The SMILES string of the molecule is COC(C)CNCCNc1ccc(F)cc1. The summed E-state index contributed by atoms with van der Waals surface area (Å²) in [5.41, 5.74) is 0.933. The Bertz CT molecular complexity index is 290. The molecule has 0 spiro atoms. The zero-order valence-corrected chi connectivity index (χ0v) is 9.79. The highest BCUT2D eigenvalue weighted by Crippen LogP contribution is 2.06. The first-order chi connectivity index (χ1) is 7.72. The van der Waals surface area contributed by atoms with E-state index in [-0.39, 0.29) is 11.9 Å². The summed E-state index contributed by atoms with van der Waals surface area (Å²) < 4.78 is 17.7. The molecule has 16 heavy (non-hydrogen) atoms. The van der Waals surface area contributed by atoms with Crippen molar-refractivity contribution < 1.29 is 9.13 Å². The molecule has 0 heterocycles. The van der Waals surface area contributed by atoms with Gasteiger partial charge in [0, 0.05) is 32.4 Å². The fourth-order valence-corrected chi connectivity index (χ4v) is 1.25. The summed E-state index contributed by atoms with van der Waals surface area (Å²) in [4.78, 5) is 0. The van der Waals surface area contributed by atoms with E-state index in [2.05, 4.69) is 10.6 Å². The van der Waals surface area contributed by atoms with Crippen molar-refractivity contribution >= 4 is 5.69 Å². The molecule has 0 radical (unpaired) electrons. The van der Waals surface area contributed by atoms with Gasteiger partial charge in [0.2, 0.25) is 0 Å². The monoisotopic (exact) mass is 226 g/mol. The maximum absolute atomic E-state index is 12.6. The average molecular weight is 226 g/mol. The van der Waals surface area contributed by atoms with E-state index in [1.54, 1.807) is 19.2 Å².